The number of piperazine rings is 1. The van der Waals surface area contributed by atoms with Crippen molar-refractivity contribution < 1.29 is 9.21 Å². The van der Waals surface area contributed by atoms with Gasteiger partial charge in [0, 0.05) is 38.3 Å². The molecular weight excluding hydrogens is 469 g/mol. The highest BCUT2D eigenvalue weighted by Crippen LogP contribution is 2.26. The molecule has 2 fully saturated rings. The van der Waals surface area contributed by atoms with Crippen molar-refractivity contribution in [2.75, 3.05) is 44.2 Å². The van der Waals surface area contributed by atoms with Gasteiger partial charge >= 0.3 is 5.63 Å². The Morgan fingerprint density at radius 3 is 2.58 bits per heavy atom. The van der Waals surface area contributed by atoms with Crippen LogP contribution in [0.1, 0.15) is 40.4 Å². The number of carbonyl (C=O) groups is 1. The molecule has 3 aromatic heterocycles. The van der Waals surface area contributed by atoms with E-state index in [1.165, 1.54) is 0 Å². The Morgan fingerprint density at radius 1 is 1.15 bits per heavy atom. The fourth-order valence-corrected chi connectivity index (χ4v) is 4.48. The summed E-state index contributed by atoms with van der Waals surface area (Å²) in [5.74, 6) is 2.14. The lowest BCUT2D eigenvalue weighted by Gasteiger charge is -2.36. The number of hydrogen-bond donors (Lipinski definition) is 1. The molecule has 0 atom stereocenters. The first-order valence-corrected chi connectivity index (χ1v) is 10.7. The van der Waals surface area contributed by atoms with Crippen LogP contribution in [-0.4, -0.2) is 69.7 Å². The minimum atomic E-state index is -0.527. The van der Waals surface area contributed by atoms with Gasteiger partial charge in [0.15, 0.2) is 0 Å². The van der Waals surface area contributed by atoms with E-state index in [2.05, 4.69) is 25.4 Å². The average molecular weight is 496 g/mol. The smallest absolute Gasteiger partial charge is 0.349 e. The lowest BCUT2D eigenvalue weighted by atomic mass is 9.94. The minimum Gasteiger partial charge on any atom is -0.427 e. The second kappa shape index (κ2) is 10.5. The third kappa shape index (κ3) is 4.83. The maximum atomic E-state index is 13.1. The highest BCUT2D eigenvalue weighted by atomic mass is 35.5. The van der Waals surface area contributed by atoms with Gasteiger partial charge in [-0.3, -0.25) is 9.20 Å². The van der Waals surface area contributed by atoms with Gasteiger partial charge < -0.3 is 19.5 Å². The van der Waals surface area contributed by atoms with Crippen molar-refractivity contribution in [3.05, 3.63) is 52.0 Å². The maximum Gasteiger partial charge on any atom is 0.349 e. The summed E-state index contributed by atoms with van der Waals surface area (Å²) in [6, 6.07) is 3.78. The van der Waals surface area contributed by atoms with Crippen LogP contribution < -0.4 is 15.8 Å². The fraction of sp³-hybridized carbons (Fsp3) is 0.476. The van der Waals surface area contributed by atoms with E-state index in [0.29, 0.717) is 43.3 Å². The van der Waals surface area contributed by atoms with Gasteiger partial charge in [-0.15, -0.1) is 35.0 Å². The third-order valence-electron chi connectivity index (χ3n) is 6.20. The van der Waals surface area contributed by atoms with Gasteiger partial charge in [0.25, 0.3) is 11.7 Å². The fourth-order valence-electron chi connectivity index (χ4n) is 4.48. The van der Waals surface area contributed by atoms with E-state index in [1.807, 2.05) is 23.5 Å². The molecule has 0 saturated carbocycles. The molecular formula is C21H27Cl2N7O3. The van der Waals surface area contributed by atoms with E-state index in [9.17, 15) is 9.59 Å². The molecule has 178 valence electrons. The van der Waals surface area contributed by atoms with E-state index < -0.39 is 5.63 Å². The topological polar surface area (TPSA) is 109 Å². The Morgan fingerprint density at radius 2 is 1.88 bits per heavy atom. The number of rotatable bonds is 3. The van der Waals surface area contributed by atoms with Crippen molar-refractivity contribution >= 4 is 42.3 Å². The minimum absolute atomic E-state index is 0. The predicted molar refractivity (Wildman–Crippen MR) is 128 cm³/mol. The van der Waals surface area contributed by atoms with Gasteiger partial charge in [-0.25, -0.2) is 9.78 Å². The Hall–Kier alpha value is -2.69. The molecule has 0 bridgehead atoms. The molecule has 10 nitrogen and oxygen atoms in total. The number of anilines is 1. The molecule has 1 amide bonds. The van der Waals surface area contributed by atoms with Crippen molar-refractivity contribution in [2.45, 2.75) is 25.7 Å². The summed E-state index contributed by atoms with van der Waals surface area (Å²) < 4.78 is 7.43. The Bertz CT molecular complexity index is 1170. The van der Waals surface area contributed by atoms with Crippen LogP contribution in [0.5, 0.6) is 0 Å². The largest absolute Gasteiger partial charge is 0.427 e. The zero-order chi connectivity index (χ0) is 21.4. The number of nitrogens with one attached hydrogen (secondary N) is 1. The molecule has 0 spiro atoms. The summed E-state index contributed by atoms with van der Waals surface area (Å²) in [5, 5.41) is 11.2. The van der Waals surface area contributed by atoms with Gasteiger partial charge in [-0.1, -0.05) is 0 Å². The summed E-state index contributed by atoms with van der Waals surface area (Å²) in [6.07, 6.45) is 5.21. The van der Waals surface area contributed by atoms with Crippen LogP contribution in [-0.2, 0) is 0 Å². The normalized spacial score (nSPS) is 16.9. The van der Waals surface area contributed by atoms with Gasteiger partial charge in [-0.05, 0) is 50.6 Å². The molecule has 12 heteroatoms. The number of aryl methyl sites for hydroxylation is 1. The van der Waals surface area contributed by atoms with Crippen molar-refractivity contribution in [1.29, 1.82) is 0 Å². The molecule has 2 aliphatic rings. The third-order valence-corrected chi connectivity index (χ3v) is 6.20. The van der Waals surface area contributed by atoms with E-state index in [0.717, 1.165) is 31.7 Å². The number of piperidine rings is 1. The first kappa shape index (κ1) is 24.9. The molecule has 3 aromatic rings. The van der Waals surface area contributed by atoms with Crippen LogP contribution in [0.3, 0.4) is 0 Å². The molecule has 0 aliphatic carbocycles. The van der Waals surface area contributed by atoms with Crippen molar-refractivity contribution in [3.8, 4) is 0 Å². The summed E-state index contributed by atoms with van der Waals surface area (Å²) in [4.78, 5) is 34.0. The molecule has 2 aliphatic heterocycles. The maximum absolute atomic E-state index is 13.1. The van der Waals surface area contributed by atoms with E-state index in [4.69, 9.17) is 4.42 Å². The Kier molecular flexibility index (Phi) is 7.93. The van der Waals surface area contributed by atoms with Crippen molar-refractivity contribution in [3.63, 3.8) is 0 Å². The number of nitrogens with zero attached hydrogens (tertiary/aromatic N) is 6. The zero-order valence-electron chi connectivity index (χ0n) is 18.3. The van der Waals surface area contributed by atoms with Gasteiger partial charge in [0.2, 0.25) is 0 Å². The molecule has 5 heterocycles. The first-order chi connectivity index (χ1) is 15.1. The summed E-state index contributed by atoms with van der Waals surface area (Å²) in [5.41, 5.74) is 0.315. The average Bonchev–Trinajstić information content (AvgIpc) is 3.28. The van der Waals surface area contributed by atoms with Crippen LogP contribution in [0.2, 0.25) is 0 Å². The number of amides is 1. The van der Waals surface area contributed by atoms with E-state index >= 15 is 0 Å². The molecule has 0 unspecified atom stereocenters. The van der Waals surface area contributed by atoms with Gasteiger partial charge in [0.1, 0.15) is 23.5 Å². The highest BCUT2D eigenvalue weighted by molar-refractivity contribution is 5.95. The first-order valence-electron chi connectivity index (χ1n) is 10.7. The number of fused-ring (bicyclic) bond motifs is 1. The summed E-state index contributed by atoms with van der Waals surface area (Å²) in [7, 11) is 0. The Balaban J connectivity index is 0.00000153. The van der Waals surface area contributed by atoms with E-state index in [1.54, 1.807) is 17.4 Å². The van der Waals surface area contributed by atoms with E-state index in [-0.39, 0.29) is 42.2 Å². The van der Waals surface area contributed by atoms with Crippen LogP contribution >= 0.6 is 24.8 Å². The van der Waals surface area contributed by atoms with Crippen molar-refractivity contribution in [1.82, 2.24) is 29.8 Å². The second-order valence-electron chi connectivity index (χ2n) is 8.10. The molecule has 5 rings (SSSR count). The van der Waals surface area contributed by atoms with Crippen LogP contribution in [0.15, 0.2) is 33.9 Å². The lowest BCUT2D eigenvalue weighted by Crippen LogP contribution is -2.50. The Labute approximate surface area is 203 Å². The number of hydrogen-bond acceptors (Lipinski definition) is 8. The molecule has 1 N–H and O–H groups in total. The molecule has 2 saturated heterocycles. The SMILES string of the molecule is Cc1cc(C2CCNCC2)oc(=O)c1C(=O)N1CCN(c2ccnc3nncn23)CC1.Cl.Cl. The second-order valence-corrected chi connectivity index (χ2v) is 8.10. The quantitative estimate of drug-likeness (QED) is 0.584. The van der Waals surface area contributed by atoms with Crippen LogP contribution in [0.25, 0.3) is 5.78 Å². The van der Waals surface area contributed by atoms with Crippen LogP contribution in [0.4, 0.5) is 5.82 Å². The monoisotopic (exact) mass is 495 g/mol. The molecule has 0 radical (unpaired) electrons. The van der Waals surface area contributed by atoms with Gasteiger partial charge in [0.05, 0.1) is 0 Å². The number of carbonyl (C=O) groups excluding carboxylic acids is 1. The number of aromatic nitrogens is 4. The lowest BCUT2D eigenvalue weighted by molar-refractivity contribution is 0.0740. The predicted octanol–water partition coefficient (Wildman–Crippen LogP) is 1.66. The molecule has 33 heavy (non-hydrogen) atoms. The standard InChI is InChI=1S/C21H25N7O3.2ClH/c1-14-12-16(15-2-5-22-6-3-15)31-20(30)18(14)19(29)27-10-8-26(9-11-27)17-4-7-23-21-25-24-13-28(17)21;;/h4,7,12-13,15,22H,2-3,5-6,8-11H2,1H3;2*1H. The zero-order valence-corrected chi connectivity index (χ0v) is 19.9. The summed E-state index contributed by atoms with van der Waals surface area (Å²) in [6.45, 7) is 5.96. The van der Waals surface area contributed by atoms with Crippen LogP contribution in [0, 0.1) is 6.92 Å². The summed E-state index contributed by atoms with van der Waals surface area (Å²) >= 11 is 0. The van der Waals surface area contributed by atoms with Crippen molar-refractivity contribution in [2.24, 2.45) is 0 Å². The highest BCUT2D eigenvalue weighted by Gasteiger charge is 2.28. The number of halogens is 2. The molecule has 0 aromatic carbocycles. The van der Waals surface area contributed by atoms with Gasteiger partial charge in [-0.2, -0.15) is 0 Å².